The van der Waals surface area contributed by atoms with Gasteiger partial charge >= 0.3 is 0 Å². The van der Waals surface area contributed by atoms with Gasteiger partial charge in [0.25, 0.3) is 0 Å². The third-order valence-electron chi connectivity index (χ3n) is 5.23. The Morgan fingerprint density at radius 2 is 1.81 bits per heavy atom. The van der Waals surface area contributed by atoms with E-state index in [4.69, 9.17) is 21.0 Å². The monoisotopic (exact) mass is 543 g/mol. The number of rotatable bonds is 4. The Kier molecular flexibility index (Phi) is 5.75. The largest absolute Gasteiger partial charge is 0.434 e. The number of carbonyl (C=O) groups excluding carboxylic acids is 1. The van der Waals surface area contributed by atoms with Crippen LogP contribution in [0.5, 0.6) is 0 Å². The molecule has 1 N–H and O–H groups in total. The van der Waals surface area contributed by atoms with Crippen molar-refractivity contribution in [2.24, 2.45) is 0 Å². The molecule has 0 saturated heterocycles. The summed E-state index contributed by atoms with van der Waals surface area (Å²) in [5.74, 6) is -0.357. The fourth-order valence-corrected chi connectivity index (χ4v) is 4.18. The lowest BCUT2D eigenvalue weighted by Crippen LogP contribution is -2.31. The second kappa shape index (κ2) is 8.08. The van der Waals surface area contributed by atoms with Crippen molar-refractivity contribution in [2.75, 3.05) is 0 Å². The average Bonchev–Trinajstić information content (AvgIpc) is 3.02. The van der Waals surface area contributed by atoms with Crippen LogP contribution in [0.15, 0.2) is 52.9 Å². The summed E-state index contributed by atoms with van der Waals surface area (Å²) in [7, 11) is 1.98. The SMILES string of the molecule is Bc1ccc(-c2nc3oc(C(=O)C(C)(C)O)c(C)c3cc2-c2ccc(I)cc2)c(Cl)c1. The molecule has 31 heavy (non-hydrogen) atoms. The van der Waals surface area contributed by atoms with Crippen LogP contribution in [-0.4, -0.2) is 29.3 Å². The van der Waals surface area contributed by atoms with Crippen molar-refractivity contribution in [2.45, 2.75) is 26.4 Å². The molecule has 4 rings (SSSR count). The Morgan fingerprint density at radius 3 is 2.42 bits per heavy atom. The fraction of sp³-hybridized carbons (Fsp3) is 0.167. The highest BCUT2D eigenvalue weighted by Crippen LogP contribution is 2.38. The van der Waals surface area contributed by atoms with E-state index >= 15 is 0 Å². The molecule has 4 aromatic rings. The van der Waals surface area contributed by atoms with E-state index < -0.39 is 11.4 Å². The van der Waals surface area contributed by atoms with Crippen LogP contribution in [0.25, 0.3) is 33.5 Å². The van der Waals surface area contributed by atoms with Gasteiger partial charge in [-0.1, -0.05) is 41.3 Å². The summed E-state index contributed by atoms with van der Waals surface area (Å²) in [6, 6.07) is 16.0. The van der Waals surface area contributed by atoms with Crippen LogP contribution in [-0.2, 0) is 0 Å². The molecular formula is C24H20BClINO3. The topological polar surface area (TPSA) is 63.3 Å². The number of hydrogen-bond acceptors (Lipinski definition) is 4. The van der Waals surface area contributed by atoms with Gasteiger partial charge in [0.15, 0.2) is 5.76 Å². The number of fused-ring (bicyclic) bond motifs is 1. The van der Waals surface area contributed by atoms with E-state index in [1.165, 1.54) is 13.8 Å². The van der Waals surface area contributed by atoms with Crippen molar-refractivity contribution in [3.63, 3.8) is 0 Å². The Labute approximate surface area is 200 Å². The molecule has 0 spiro atoms. The second-order valence-electron chi connectivity index (χ2n) is 8.17. The van der Waals surface area contributed by atoms with Gasteiger partial charge < -0.3 is 9.52 Å². The molecule has 156 valence electrons. The number of aliphatic hydroxyl groups is 1. The summed E-state index contributed by atoms with van der Waals surface area (Å²) >= 11 is 8.86. The Balaban J connectivity index is 2.03. The van der Waals surface area contributed by atoms with E-state index in [2.05, 4.69) is 22.6 Å². The van der Waals surface area contributed by atoms with Crippen LogP contribution in [0.2, 0.25) is 5.02 Å². The minimum Gasteiger partial charge on any atom is -0.434 e. The zero-order valence-electron chi connectivity index (χ0n) is 17.6. The minimum absolute atomic E-state index is 0.121. The van der Waals surface area contributed by atoms with Crippen LogP contribution in [0.3, 0.4) is 0 Å². The third kappa shape index (κ3) is 4.16. The van der Waals surface area contributed by atoms with Gasteiger partial charge in [-0.2, -0.15) is 0 Å². The molecule has 2 aromatic heterocycles. The number of Topliss-reactive ketones (excluding diaryl/α,β-unsaturated/α-hetero) is 1. The van der Waals surface area contributed by atoms with Crippen LogP contribution in [0.1, 0.15) is 30.0 Å². The Bertz CT molecular complexity index is 1320. The van der Waals surface area contributed by atoms with E-state index in [9.17, 15) is 9.90 Å². The molecule has 0 saturated carbocycles. The number of pyridine rings is 1. The predicted octanol–water partition coefficient (Wildman–Crippen LogP) is 4.94. The van der Waals surface area contributed by atoms with Gasteiger partial charge in [0.2, 0.25) is 11.5 Å². The first-order chi connectivity index (χ1) is 14.6. The van der Waals surface area contributed by atoms with E-state index in [1.807, 2.05) is 63.3 Å². The second-order valence-corrected chi connectivity index (χ2v) is 9.82. The number of hydrogen-bond donors (Lipinski definition) is 1. The molecule has 0 unspecified atom stereocenters. The van der Waals surface area contributed by atoms with Gasteiger partial charge in [-0.3, -0.25) is 4.79 Å². The molecule has 0 fully saturated rings. The first-order valence-corrected chi connectivity index (χ1v) is 11.3. The van der Waals surface area contributed by atoms with Crippen molar-refractivity contribution >= 4 is 64.4 Å². The molecule has 0 aliphatic rings. The molecule has 0 atom stereocenters. The number of halogens is 2. The standard InChI is InChI=1S/C24H20BClINO3/c1-12-17-11-18(13-4-7-15(27)8-5-13)20(16-9-6-14(25)10-19(16)26)28-23(17)31-21(12)22(29)24(2,3)30/h4-11,30H,25H2,1-3H3. The summed E-state index contributed by atoms with van der Waals surface area (Å²) in [6.07, 6.45) is 0. The number of carbonyl (C=O) groups is 1. The molecule has 2 aromatic carbocycles. The van der Waals surface area contributed by atoms with E-state index in [-0.39, 0.29) is 5.76 Å². The molecule has 0 amide bonds. The van der Waals surface area contributed by atoms with Crippen molar-refractivity contribution in [3.8, 4) is 22.4 Å². The third-order valence-corrected chi connectivity index (χ3v) is 6.26. The molecular weight excluding hydrogens is 523 g/mol. The van der Waals surface area contributed by atoms with Gasteiger partial charge in [0.1, 0.15) is 13.4 Å². The first kappa shape index (κ1) is 22.1. The van der Waals surface area contributed by atoms with Crippen molar-refractivity contribution in [3.05, 3.63) is 68.4 Å². The zero-order valence-corrected chi connectivity index (χ0v) is 20.5. The van der Waals surface area contributed by atoms with Crippen LogP contribution in [0.4, 0.5) is 0 Å². The minimum atomic E-state index is -1.54. The van der Waals surface area contributed by atoms with Crippen LogP contribution in [0, 0.1) is 10.5 Å². The number of aromatic nitrogens is 1. The van der Waals surface area contributed by atoms with Crippen molar-refractivity contribution in [1.82, 2.24) is 4.98 Å². The lowest BCUT2D eigenvalue weighted by Gasteiger charge is -2.13. The number of furan rings is 1. The normalized spacial score (nSPS) is 11.8. The van der Waals surface area contributed by atoms with Gasteiger partial charge in [0.05, 0.1) is 5.69 Å². The van der Waals surface area contributed by atoms with Gasteiger partial charge in [-0.25, -0.2) is 4.98 Å². The summed E-state index contributed by atoms with van der Waals surface area (Å²) < 4.78 is 6.99. The maximum Gasteiger partial charge on any atom is 0.229 e. The highest BCUT2D eigenvalue weighted by Gasteiger charge is 2.31. The summed E-state index contributed by atoms with van der Waals surface area (Å²) in [6.45, 7) is 4.70. The number of benzene rings is 2. The Hall–Kier alpha value is -2.16. The molecule has 0 aliphatic carbocycles. The molecule has 7 heteroatoms. The van der Waals surface area contributed by atoms with E-state index in [0.717, 1.165) is 31.1 Å². The molecule has 0 aliphatic heterocycles. The van der Waals surface area contributed by atoms with Crippen LogP contribution >= 0.6 is 34.2 Å². The highest BCUT2D eigenvalue weighted by molar-refractivity contribution is 14.1. The van der Waals surface area contributed by atoms with E-state index in [1.54, 1.807) is 0 Å². The Morgan fingerprint density at radius 1 is 1.13 bits per heavy atom. The summed E-state index contributed by atoms with van der Waals surface area (Å²) in [5, 5.41) is 11.5. The van der Waals surface area contributed by atoms with Crippen molar-refractivity contribution in [1.29, 1.82) is 0 Å². The lowest BCUT2D eigenvalue weighted by atomic mass is 9.92. The maximum atomic E-state index is 12.7. The highest BCUT2D eigenvalue weighted by atomic mass is 127. The average molecular weight is 544 g/mol. The summed E-state index contributed by atoms with van der Waals surface area (Å²) in [5.41, 5.74) is 3.84. The first-order valence-electron chi connectivity index (χ1n) is 9.80. The zero-order chi connectivity index (χ0) is 22.5. The lowest BCUT2D eigenvalue weighted by molar-refractivity contribution is 0.0460. The number of ketones is 1. The number of nitrogens with zero attached hydrogens (tertiary/aromatic N) is 1. The molecule has 0 radical (unpaired) electrons. The van der Waals surface area contributed by atoms with Gasteiger partial charge in [-0.05, 0) is 73.2 Å². The summed E-state index contributed by atoms with van der Waals surface area (Å²) in [4.78, 5) is 17.5. The molecule has 2 heterocycles. The maximum absolute atomic E-state index is 12.7. The van der Waals surface area contributed by atoms with Crippen molar-refractivity contribution < 1.29 is 14.3 Å². The smallest absolute Gasteiger partial charge is 0.229 e. The predicted molar refractivity (Wildman–Crippen MR) is 136 cm³/mol. The van der Waals surface area contributed by atoms with Gasteiger partial charge in [0, 0.05) is 30.7 Å². The fourth-order valence-electron chi connectivity index (χ4n) is 3.50. The molecule has 4 nitrogen and oxygen atoms in total. The van der Waals surface area contributed by atoms with E-state index in [0.29, 0.717) is 22.0 Å². The quantitative estimate of drug-likeness (QED) is 0.225. The number of aryl methyl sites for hydroxylation is 1. The molecule has 0 bridgehead atoms. The van der Waals surface area contributed by atoms with Gasteiger partial charge in [-0.15, -0.1) is 0 Å². The van der Waals surface area contributed by atoms with Crippen LogP contribution < -0.4 is 5.46 Å².